The van der Waals surface area contributed by atoms with Gasteiger partial charge < -0.3 is 25.6 Å². The van der Waals surface area contributed by atoms with E-state index in [4.69, 9.17) is 15.2 Å². The number of aliphatic imine (C=N–C) groups is 1. The Morgan fingerprint density at radius 2 is 2.27 bits per heavy atom. The zero-order valence-corrected chi connectivity index (χ0v) is 13.4. The molecule has 0 heterocycles. The summed E-state index contributed by atoms with van der Waals surface area (Å²) in [6.07, 6.45) is 0.174. The minimum atomic E-state index is -0.690. The molecule has 0 spiro atoms. The number of nitrogens with one attached hydrogen (secondary N) is 1. The molecule has 0 saturated carbocycles. The van der Waals surface area contributed by atoms with E-state index in [1.807, 2.05) is 38.1 Å². The molecule has 6 heteroatoms. The Kier molecular flexibility index (Phi) is 9.02. The minimum absolute atomic E-state index is 0.185. The van der Waals surface area contributed by atoms with Crippen LogP contribution in [0.2, 0.25) is 0 Å². The SMILES string of the molecule is CCOCCCNC(N)=NCC(O)COc1cccc(C)c1. The summed E-state index contributed by atoms with van der Waals surface area (Å²) in [6, 6.07) is 7.69. The van der Waals surface area contributed by atoms with Gasteiger partial charge in [0.25, 0.3) is 0 Å². The Morgan fingerprint density at radius 1 is 1.45 bits per heavy atom. The Morgan fingerprint density at radius 3 is 3.00 bits per heavy atom. The fraction of sp³-hybridized carbons (Fsp3) is 0.562. The number of aliphatic hydroxyl groups excluding tert-OH is 1. The molecule has 0 fully saturated rings. The lowest BCUT2D eigenvalue weighted by Gasteiger charge is -2.11. The molecule has 0 aliphatic heterocycles. The first kappa shape index (κ1) is 18.3. The van der Waals surface area contributed by atoms with Crippen LogP contribution >= 0.6 is 0 Å². The highest BCUT2D eigenvalue weighted by molar-refractivity contribution is 5.77. The lowest BCUT2D eigenvalue weighted by atomic mass is 10.2. The van der Waals surface area contributed by atoms with Crippen LogP contribution in [0.5, 0.6) is 5.75 Å². The van der Waals surface area contributed by atoms with E-state index < -0.39 is 6.10 Å². The number of hydrogen-bond donors (Lipinski definition) is 3. The van der Waals surface area contributed by atoms with Gasteiger partial charge in [-0.15, -0.1) is 0 Å². The number of guanidine groups is 1. The van der Waals surface area contributed by atoms with Crippen LogP contribution in [0.4, 0.5) is 0 Å². The first-order valence-electron chi connectivity index (χ1n) is 7.61. The summed E-state index contributed by atoms with van der Waals surface area (Å²) >= 11 is 0. The number of nitrogens with two attached hydrogens (primary N) is 1. The monoisotopic (exact) mass is 309 g/mol. The fourth-order valence-electron chi connectivity index (χ4n) is 1.74. The zero-order chi connectivity index (χ0) is 16.2. The first-order valence-corrected chi connectivity index (χ1v) is 7.61. The second-order valence-corrected chi connectivity index (χ2v) is 4.98. The summed E-state index contributed by atoms with van der Waals surface area (Å²) in [6.45, 7) is 6.46. The van der Waals surface area contributed by atoms with E-state index in [-0.39, 0.29) is 13.2 Å². The first-order chi connectivity index (χ1) is 10.6. The van der Waals surface area contributed by atoms with Crippen LogP contribution in [0.25, 0.3) is 0 Å². The smallest absolute Gasteiger partial charge is 0.188 e. The maximum atomic E-state index is 9.83. The second kappa shape index (κ2) is 10.9. The summed E-state index contributed by atoms with van der Waals surface area (Å²) in [5.41, 5.74) is 6.83. The highest BCUT2D eigenvalue weighted by Gasteiger charge is 2.05. The van der Waals surface area contributed by atoms with Gasteiger partial charge in [0.05, 0.1) is 6.54 Å². The topological polar surface area (TPSA) is 89.1 Å². The van der Waals surface area contributed by atoms with Gasteiger partial charge in [0.2, 0.25) is 0 Å². The van der Waals surface area contributed by atoms with Crippen molar-refractivity contribution in [1.82, 2.24) is 5.32 Å². The van der Waals surface area contributed by atoms with E-state index in [0.717, 1.165) is 24.3 Å². The number of aryl methyl sites for hydroxylation is 1. The van der Waals surface area contributed by atoms with Crippen molar-refractivity contribution in [2.75, 3.05) is 32.9 Å². The number of aliphatic hydroxyl groups is 1. The van der Waals surface area contributed by atoms with E-state index in [9.17, 15) is 5.11 Å². The molecule has 1 atom stereocenters. The highest BCUT2D eigenvalue weighted by Crippen LogP contribution is 2.12. The molecular weight excluding hydrogens is 282 g/mol. The quantitative estimate of drug-likeness (QED) is 0.342. The van der Waals surface area contributed by atoms with E-state index in [2.05, 4.69) is 10.3 Å². The Labute approximate surface area is 132 Å². The number of hydrogen-bond acceptors (Lipinski definition) is 4. The molecule has 22 heavy (non-hydrogen) atoms. The third kappa shape index (κ3) is 8.49. The van der Waals surface area contributed by atoms with Gasteiger partial charge >= 0.3 is 0 Å². The predicted octanol–water partition coefficient (Wildman–Crippen LogP) is 1.07. The van der Waals surface area contributed by atoms with Gasteiger partial charge in [-0.25, -0.2) is 0 Å². The molecule has 0 aliphatic rings. The Bertz CT molecular complexity index is 452. The van der Waals surface area contributed by atoms with Crippen molar-refractivity contribution in [3.05, 3.63) is 29.8 Å². The van der Waals surface area contributed by atoms with Crippen LogP contribution in [0.15, 0.2) is 29.3 Å². The van der Waals surface area contributed by atoms with Gasteiger partial charge in [-0.1, -0.05) is 12.1 Å². The maximum Gasteiger partial charge on any atom is 0.188 e. The van der Waals surface area contributed by atoms with Gasteiger partial charge in [0, 0.05) is 19.8 Å². The molecule has 0 saturated heterocycles. The maximum absolute atomic E-state index is 9.83. The molecule has 0 amide bonds. The molecule has 1 unspecified atom stereocenters. The van der Waals surface area contributed by atoms with Crippen molar-refractivity contribution < 1.29 is 14.6 Å². The van der Waals surface area contributed by atoms with Crippen LogP contribution in [0, 0.1) is 6.92 Å². The Hall–Kier alpha value is -1.79. The van der Waals surface area contributed by atoms with Crippen LogP contribution < -0.4 is 15.8 Å². The summed E-state index contributed by atoms with van der Waals surface area (Å²) in [7, 11) is 0. The average Bonchev–Trinajstić information content (AvgIpc) is 2.51. The number of ether oxygens (including phenoxy) is 2. The molecular formula is C16H27N3O3. The van der Waals surface area contributed by atoms with E-state index in [1.54, 1.807) is 0 Å². The van der Waals surface area contributed by atoms with Crippen molar-refractivity contribution in [1.29, 1.82) is 0 Å². The second-order valence-electron chi connectivity index (χ2n) is 4.98. The largest absolute Gasteiger partial charge is 0.491 e. The standard InChI is InChI=1S/C16H27N3O3/c1-3-21-9-5-8-18-16(17)19-11-14(20)12-22-15-7-4-6-13(2)10-15/h4,6-7,10,14,20H,3,5,8-9,11-12H2,1-2H3,(H3,17,18,19). The van der Waals surface area contributed by atoms with Crippen molar-refractivity contribution in [3.63, 3.8) is 0 Å². The molecule has 0 radical (unpaired) electrons. The number of rotatable bonds is 10. The van der Waals surface area contributed by atoms with E-state index >= 15 is 0 Å². The van der Waals surface area contributed by atoms with Gasteiger partial charge in [0.15, 0.2) is 5.96 Å². The molecule has 1 rings (SSSR count). The van der Waals surface area contributed by atoms with Gasteiger partial charge in [-0.05, 0) is 38.0 Å². The molecule has 0 aliphatic carbocycles. The van der Waals surface area contributed by atoms with Crippen LogP contribution in [-0.4, -0.2) is 50.1 Å². The number of benzene rings is 1. The molecule has 0 bridgehead atoms. The summed E-state index contributed by atoms with van der Waals surface area (Å²) in [4.78, 5) is 4.08. The highest BCUT2D eigenvalue weighted by atomic mass is 16.5. The zero-order valence-electron chi connectivity index (χ0n) is 13.4. The summed E-state index contributed by atoms with van der Waals surface area (Å²) in [5.74, 6) is 1.07. The van der Waals surface area contributed by atoms with Crippen LogP contribution in [-0.2, 0) is 4.74 Å². The predicted molar refractivity (Wildman–Crippen MR) is 88.3 cm³/mol. The third-order valence-electron chi connectivity index (χ3n) is 2.88. The molecule has 4 N–H and O–H groups in total. The fourth-order valence-corrected chi connectivity index (χ4v) is 1.74. The normalized spacial score (nSPS) is 13.0. The van der Waals surface area contributed by atoms with Crippen LogP contribution in [0.1, 0.15) is 18.9 Å². The third-order valence-corrected chi connectivity index (χ3v) is 2.88. The van der Waals surface area contributed by atoms with Crippen LogP contribution in [0.3, 0.4) is 0 Å². The van der Waals surface area contributed by atoms with Crippen molar-refractivity contribution in [2.45, 2.75) is 26.4 Å². The molecule has 124 valence electrons. The molecule has 1 aromatic carbocycles. The summed E-state index contributed by atoms with van der Waals surface area (Å²) < 4.78 is 10.7. The average molecular weight is 309 g/mol. The van der Waals surface area contributed by atoms with Crippen molar-refractivity contribution in [3.8, 4) is 5.75 Å². The Balaban J connectivity index is 2.18. The van der Waals surface area contributed by atoms with E-state index in [0.29, 0.717) is 19.1 Å². The van der Waals surface area contributed by atoms with Crippen molar-refractivity contribution >= 4 is 5.96 Å². The lowest BCUT2D eigenvalue weighted by Crippen LogP contribution is -2.34. The molecule has 0 aromatic heterocycles. The number of nitrogens with zero attached hydrogens (tertiary/aromatic N) is 1. The molecule has 6 nitrogen and oxygen atoms in total. The van der Waals surface area contributed by atoms with E-state index in [1.165, 1.54) is 0 Å². The molecule has 1 aromatic rings. The van der Waals surface area contributed by atoms with Gasteiger partial charge in [0.1, 0.15) is 18.5 Å². The minimum Gasteiger partial charge on any atom is -0.491 e. The van der Waals surface area contributed by atoms with Gasteiger partial charge in [-0.2, -0.15) is 0 Å². The lowest BCUT2D eigenvalue weighted by molar-refractivity contribution is 0.114. The summed E-state index contributed by atoms with van der Waals surface area (Å²) in [5, 5.41) is 12.8. The van der Waals surface area contributed by atoms with Gasteiger partial charge in [-0.3, -0.25) is 4.99 Å². The van der Waals surface area contributed by atoms with Crippen molar-refractivity contribution in [2.24, 2.45) is 10.7 Å².